The van der Waals surface area contributed by atoms with Crippen molar-refractivity contribution in [1.82, 2.24) is 5.32 Å². The summed E-state index contributed by atoms with van der Waals surface area (Å²) in [4.78, 5) is 11.7. The minimum Gasteiger partial charge on any atom is -0.355 e. The summed E-state index contributed by atoms with van der Waals surface area (Å²) in [6, 6.07) is 0. The van der Waals surface area contributed by atoms with Crippen molar-refractivity contribution < 1.29 is 4.79 Å². The predicted octanol–water partition coefficient (Wildman–Crippen LogP) is 1.17. The van der Waals surface area contributed by atoms with Gasteiger partial charge >= 0.3 is 0 Å². The first-order chi connectivity index (χ1) is 5.73. The van der Waals surface area contributed by atoms with E-state index in [0.717, 1.165) is 12.5 Å². The predicted molar refractivity (Wildman–Crippen MR) is 45.4 cm³/mol. The lowest BCUT2D eigenvalue weighted by Crippen LogP contribution is -2.36. The minimum absolute atomic E-state index is 0.0307. The van der Waals surface area contributed by atoms with E-state index in [9.17, 15) is 4.79 Å². The molecule has 2 saturated carbocycles. The Morgan fingerprint density at radius 1 is 1.50 bits per heavy atom. The smallest absolute Gasteiger partial charge is 0.226 e. The summed E-state index contributed by atoms with van der Waals surface area (Å²) in [5.74, 6) is 2.57. The van der Waals surface area contributed by atoms with E-state index in [1.54, 1.807) is 0 Å². The van der Waals surface area contributed by atoms with E-state index in [0.29, 0.717) is 17.7 Å². The molecule has 1 saturated heterocycles. The average molecular weight is 165 g/mol. The highest BCUT2D eigenvalue weighted by atomic mass is 16.2. The molecule has 1 N–H and O–H groups in total. The molecule has 2 bridgehead atoms. The second-order valence-electron chi connectivity index (χ2n) is 4.87. The highest BCUT2D eigenvalue weighted by molar-refractivity contribution is 5.86. The topological polar surface area (TPSA) is 29.1 Å². The molecule has 4 atom stereocenters. The standard InChI is InChI=1S/C10H15NO/c1-10-7-3-2-6(4-7)8(10)5-11-9(10)12/h6-8H,2-5H2,1H3,(H,11,12). The van der Waals surface area contributed by atoms with Crippen molar-refractivity contribution in [2.75, 3.05) is 6.54 Å². The normalized spacial score (nSPS) is 55.8. The van der Waals surface area contributed by atoms with Crippen LogP contribution < -0.4 is 5.32 Å². The van der Waals surface area contributed by atoms with E-state index in [1.807, 2.05) is 0 Å². The molecule has 0 aromatic rings. The first-order valence-corrected chi connectivity index (χ1v) is 5.01. The zero-order chi connectivity index (χ0) is 8.34. The number of rotatable bonds is 0. The Hall–Kier alpha value is -0.530. The van der Waals surface area contributed by atoms with Crippen molar-refractivity contribution in [3.05, 3.63) is 0 Å². The van der Waals surface area contributed by atoms with Gasteiger partial charge in [0.25, 0.3) is 0 Å². The van der Waals surface area contributed by atoms with Gasteiger partial charge in [0.1, 0.15) is 0 Å². The summed E-state index contributed by atoms with van der Waals surface area (Å²) in [6.45, 7) is 3.14. The largest absolute Gasteiger partial charge is 0.355 e. The summed E-state index contributed by atoms with van der Waals surface area (Å²) in [5, 5.41) is 3.02. The summed E-state index contributed by atoms with van der Waals surface area (Å²) >= 11 is 0. The molecule has 4 unspecified atom stereocenters. The number of nitrogens with one attached hydrogen (secondary N) is 1. The Balaban J connectivity index is 2.06. The number of hydrogen-bond acceptors (Lipinski definition) is 1. The molecule has 0 aromatic heterocycles. The van der Waals surface area contributed by atoms with Gasteiger partial charge in [-0.15, -0.1) is 0 Å². The molecule has 3 rings (SSSR count). The van der Waals surface area contributed by atoms with E-state index < -0.39 is 0 Å². The van der Waals surface area contributed by atoms with Crippen molar-refractivity contribution in [2.45, 2.75) is 26.2 Å². The molecule has 2 heteroatoms. The van der Waals surface area contributed by atoms with Crippen LogP contribution in [0.5, 0.6) is 0 Å². The number of hydrogen-bond donors (Lipinski definition) is 1. The van der Waals surface area contributed by atoms with Crippen molar-refractivity contribution in [1.29, 1.82) is 0 Å². The fraction of sp³-hybridized carbons (Fsp3) is 0.900. The molecule has 66 valence electrons. The third kappa shape index (κ3) is 0.540. The first-order valence-electron chi connectivity index (χ1n) is 5.01. The molecule has 12 heavy (non-hydrogen) atoms. The molecule has 3 fully saturated rings. The fourth-order valence-electron chi connectivity index (χ4n) is 3.84. The van der Waals surface area contributed by atoms with Crippen LogP contribution in [0.1, 0.15) is 26.2 Å². The molecular formula is C10H15NO. The molecule has 1 aliphatic heterocycles. The van der Waals surface area contributed by atoms with Crippen molar-refractivity contribution in [3.63, 3.8) is 0 Å². The highest BCUT2D eigenvalue weighted by Crippen LogP contribution is 2.61. The molecule has 1 amide bonds. The summed E-state index contributed by atoms with van der Waals surface area (Å²) < 4.78 is 0. The second kappa shape index (κ2) is 1.86. The van der Waals surface area contributed by atoms with Gasteiger partial charge in [0.15, 0.2) is 0 Å². The first kappa shape index (κ1) is 6.93. The van der Waals surface area contributed by atoms with E-state index in [-0.39, 0.29) is 5.41 Å². The minimum atomic E-state index is 0.0307. The molecule has 2 nitrogen and oxygen atoms in total. The van der Waals surface area contributed by atoms with Crippen LogP contribution in [0.4, 0.5) is 0 Å². The number of carbonyl (C=O) groups excluding carboxylic acids is 1. The van der Waals surface area contributed by atoms with Crippen LogP contribution in [-0.2, 0) is 4.79 Å². The summed E-state index contributed by atoms with van der Waals surface area (Å²) in [7, 11) is 0. The summed E-state index contributed by atoms with van der Waals surface area (Å²) in [6.07, 6.45) is 4.00. The molecular weight excluding hydrogens is 150 g/mol. The number of carbonyl (C=O) groups is 1. The fourth-order valence-corrected chi connectivity index (χ4v) is 3.84. The Kier molecular flexibility index (Phi) is 1.07. The molecule has 1 heterocycles. The zero-order valence-corrected chi connectivity index (χ0v) is 7.47. The van der Waals surface area contributed by atoms with Crippen molar-refractivity contribution in [2.24, 2.45) is 23.2 Å². The number of amides is 1. The van der Waals surface area contributed by atoms with Crippen LogP contribution in [0.3, 0.4) is 0 Å². The van der Waals surface area contributed by atoms with Gasteiger partial charge in [-0.2, -0.15) is 0 Å². The van der Waals surface area contributed by atoms with Gasteiger partial charge in [-0.3, -0.25) is 4.79 Å². The third-order valence-electron chi connectivity index (χ3n) is 4.63. The zero-order valence-electron chi connectivity index (χ0n) is 7.47. The lowest BCUT2D eigenvalue weighted by atomic mass is 9.69. The third-order valence-corrected chi connectivity index (χ3v) is 4.63. The van der Waals surface area contributed by atoms with Gasteiger partial charge < -0.3 is 5.32 Å². The van der Waals surface area contributed by atoms with E-state index in [4.69, 9.17) is 0 Å². The second-order valence-corrected chi connectivity index (χ2v) is 4.87. The maximum atomic E-state index is 11.7. The van der Waals surface area contributed by atoms with Crippen LogP contribution in [0.25, 0.3) is 0 Å². The quantitative estimate of drug-likeness (QED) is 0.573. The summed E-state index contributed by atoms with van der Waals surface area (Å²) in [5.41, 5.74) is 0.0307. The Morgan fingerprint density at radius 2 is 2.33 bits per heavy atom. The monoisotopic (exact) mass is 165 g/mol. The van der Waals surface area contributed by atoms with Gasteiger partial charge in [0.2, 0.25) is 5.91 Å². The van der Waals surface area contributed by atoms with Crippen LogP contribution >= 0.6 is 0 Å². The van der Waals surface area contributed by atoms with Crippen LogP contribution in [0.15, 0.2) is 0 Å². The Bertz CT molecular complexity index is 250. The van der Waals surface area contributed by atoms with Crippen LogP contribution in [-0.4, -0.2) is 12.5 Å². The number of fused-ring (bicyclic) bond motifs is 5. The lowest BCUT2D eigenvalue weighted by molar-refractivity contribution is -0.130. The molecule has 2 aliphatic carbocycles. The maximum Gasteiger partial charge on any atom is 0.226 e. The van der Waals surface area contributed by atoms with E-state index >= 15 is 0 Å². The molecule has 3 aliphatic rings. The Morgan fingerprint density at radius 3 is 3.08 bits per heavy atom. The van der Waals surface area contributed by atoms with E-state index in [1.165, 1.54) is 19.3 Å². The highest BCUT2D eigenvalue weighted by Gasteiger charge is 2.61. The van der Waals surface area contributed by atoms with Crippen LogP contribution in [0, 0.1) is 23.2 Å². The van der Waals surface area contributed by atoms with Gasteiger partial charge in [-0.1, -0.05) is 6.92 Å². The molecule has 0 aromatic carbocycles. The van der Waals surface area contributed by atoms with Gasteiger partial charge in [-0.05, 0) is 37.0 Å². The van der Waals surface area contributed by atoms with Crippen molar-refractivity contribution in [3.8, 4) is 0 Å². The Labute approximate surface area is 72.7 Å². The van der Waals surface area contributed by atoms with Gasteiger partial charge in [-0.25, -0.2) is 0 Å². The van der Waals surface area contributed by atoms with Gasteiger partial charge in [0, 0.05) is 6.54 Å². The van der Waals surface area contributed by atoms with Gasteiger partial charge in [0.05, 0.1) is 5.41 Å². The molecule has 0 radical (unpaired) electrons. The molecule has 0 spiro atoms. The lowest BCUT2D eigenvalue weighted by Gasteiger charge is -2.32. The van der Waals surface area contributed by atoms with E-state index in [2.05, 4.69) is 12.2 Å². The van der Waals surface area contributed by atoms with Crippen LogP contribution in [0.2, 0.25) is 0 Å². The average Bonchev–Trinajstić information content (AvgIpc) is 2.65. The van der Waals surface area contributed by atoms with Crippen molar-refractivity contribution >= 4 is 5.91 Å². The maximum absolute atomic E-state index is 11.7. The SMILES string of the molecule is CC12C(=O)NCC1C1CCC2C1.